The molecule has 3 rings (SSSR count). The molecule has 3 N–H and O–H groups in total. The van der Waals surface area contributed by atoms with Crippen LogP contribution in [0.2, 0.25) is 5.02 Å². The summed E-state index contributed by atoms with van der Waals surface area (Å²) in [5.41, 5.74) is 3.45. The summed E-state index contributed by atoms with van der Waals surface area (Å²) in [5.74, 6) is -2.13. The Hall–Kier alpha value is -4.44. The quantitative estimate of drug-likeness (QED) is 0.228. The molecule has 9 nitrogen and oxygen atoms in total. The summed E-state index contributed by atoms with van der Waals surface area (Å²) in [5, 5.41) is 9.26. The van der Waals surface area contributed by atoms with Crippen molar-refractivity contribution in [3.8, 4) is 11.5 Å². The van der Waals surface area contributed by atoms with E-state index >= 15 is 0 Å². The van der Waals surface area contributed by atoms with Gasteiger partial charge in [-0.15, -0.1) is 0 Å². The fraction of sp³-hybridized carbons (Fsp3) is 0.120. The Morgan fingerprint density at radius 2 is 1.69 bits per heavy atom. The molecule has 186 valence electrons. The zero-order chi connectivity index (χ0) is 25.9. The lowest BCUT2D eigenvalue weighted by atomic mass is 10.2. The Balaban J connectivity index is 1.55. The number of carbonyl (C=O) groups is 3. The van der Waals surface area contributed by atoms with E-state index in [-0.39, 0.29) is 18.2 Å². The number of anilines is 2. The van der Waals surface area contributed by atoms with Gasteiger partial charge in [-0.3, -0.25) is 14.4 Å². The molecule has 3 aromatic carbocycles. The van der Waals surface area contributed by atoms with Gasteiger partial charge in [-0.05, 0) is 73.2 Å². The summed E-state index contributed by atoms with van der Waals surface area (Å²) in [6.45, 7) is 1.86. The lowest BCUT2D eigenvalue weighted by Gasteiger charge is -2.12. The molecule has 0 atom stereocenters. The van der Waals surface area contributed by atoms with E-state index in [0.29, 0.717) is 34.4 Å². The fourth-order valence-corrected chi connectivity index (χ4v) is 3.03. The van der Waals surface area contributed by atoms with Crippen LogP contribution in [0, 0.1) is 5.82 Å². The minimum Gasteiger partial charge on any atom is -0.490 e. The first-order valence-corrected chi connectivity index (χ1v) is 11.1. The summed E-state index contributed by atoms with van der Waals surface area (Å²) >= 11 is 5.91. The van der Waals surface area contributed by atoms with Crippen molar-refractivity contribution < 1.29 is 28.2 Å². The molecule has 0 spiro atoms. The molecule has 11 heteroatoms. The van der Waals surface area contributed by atoms with Crippen molar-refractivity contribution in [3.63, 3.8) is 0 Å². The van der Waals surface area contributed by atoms with Crippen LogP contribution >= 0.6 is 11.6 Å². The average Bonchev–Trinajstić information content (AvgIpc) is 2.85. The standard InChI is InChI=1S/C25H22ClFN4O5/c1-2-35-22-12-16(14-28-31-25(34)24(33)30-19-9-7-18(27)8-10-19)6-11-21(22)36-15-23(32)29-20-5-3-4-17(26)13-20/h3-14H,2,15H2,1H3,(H,29,32)(H,30,33)(H,31,34)/b28-14-. The molecule has 3 aromatic rings. The van der Waals surface area contributed by atoms with Gasteiger partial charge in [-0.25, -0.2) is 9.82 Å². The van der Waals surface area contributed by atoms with Crippen molar-refractivity contribution in [2.24, 2.45) is 5.10 Å². The molecule has 0 unspecified atom stereocenters. The van der Waals surface area contributed by atoms with Crippen molar-refractivity contribution in [2.75, 3.05) is 23.8 Å². The maximum Gasteiger partial charge on any atom is 0.329 e. The van der Waals surface area contributed by atoms with Crippen LogP contribution < -0.4 is 25.5 Å². The number of benzene rings is 3. The predicted octanol–water partition coefficient (Wildman–Crippen LogP) is 3.98. The van der Waals surface area contributed by atoms with Crippen LogP contribution in [0.5, 0.6) is 11.5 Å². The van der Waals surface area contributed by atoms with Gasteiger partial charge in [0.15, 0.2) is 18.1 Å². The Morgan fingerprint density at radius 3 is 2.42 bits per heavy atom. The molecular formula is C25H22ClFN4O5. The summed E-state index contributed by atoms with van der Waals surface area (Å²) < 4.78 is 24.1. The largest absolute Gasteiger partial charge is 0.490 e. The van der Waals surface area contributed by atoms with Crippen LogP contribution in [0.3, 0.4) is 0 Å². The second-order valence-corrected chi connectivity index (χ2v) is 7.58. The number of hydrazone groups is 1. The number of rotatable bonds is 9. The lowest BCUT2D eigenvalue weighted by Crippen LogP contribution is -2.32. The highest BCUT2D eigenvalue weighted by Crippen LogP contribution is 2.28. The zero-order valence-corrected chi connectivity index (χ0v) is 19.8. The van der Waals surface area contributed by atoms with Gasteiger partial charge < -0.3 is 20.1 Å². The van der Waals surface area contributed by atoms with Crippen LogP contribution in [-0.4, -0.2) is 37.1 Å². The van der Waals surface area contributed by atoms with Crippen LogP contribution in [0.15, 0.2) is 71.8 Å². The summed E-state index contributed by atoms with van der Waals surface area (Å²) in [4.78, 5) is 36.0. The highest BCUT2D eigenvalue weighted by Gasteiger charge is 2.13. The summed E-state index contributed by atoms with van der Waals surface area (Å²) in [7, 11) is 0. The van der Waals surface area contributed by atoms with E-state index in [9.17, 15) is 18.8 Å². The number of ether oxygens (including phenoxy) is 2. The third kappa shape index (κ3) is 8.10. The number of hydrogen-bond donors (Lipinski definition) is 3. The van der Waals surface area contributed by atoms with Gasteiger partial charge in [0.25, 0.3) is 5.91 Å². The van der Waals surface area contributed by atoms with E-state index in [1.165, 1.54) is 18.3 Å². The Bertz CT molecular complexity index is 1270. The molecule has 0 bridgehead atoms. The number of nitrogens with one attached hydrogen (secondary N) is 3. The van der Waals surface area contributed by atoms with Crippen LogP contribution in [0.1, 0.15) is 12.5 Å². The molecule has 0 aliphatic heterocycles. The minimum atomic E-state index is -1.01. The zero-order valence-electron chi connectivity index (χ0n) is 19.1. The predicted molar refractivity (Wildman–Crippen MR) is 134 cm³/mol. The molecule has 0 radical (unpaired) electrons. The van der Waals surface area contributed by atoms with Gasteiger partial charge in [-0.1, -0.05) is 17.7 Å². The van der Waals surface area contributed by atoms with Gasteiger partial charge in [0.2, 0.25) is 0 Å². The third-order valence-electron chi connectivity index (χ3n) is 4.42. The van der Waals surface area contributed by atoms with Crippen molar-refractivity contribution in [3.05, 3.63) is 83.1 Å². The van der Waals surface area contributed by atoms with Crippen molar-refractivity contribution in [1.29, 1.82) is 0 Å². The maximum atomic E-state index is 12.9. The molecule has 36 heavy (non-hydrogen) atoms. The SMILES string of the molecule is CCOc1cc(/C=N\NC(=O)C(=O)Nc2ccc(F)cc2)ccc1OCC(=O)Nc1cccc(Cl)c1. The van der Waals surface area contributed by atoms with E-state index in [4.69, 9.17) is 21.1 Å². The molecule has 0 saturated heterocycles. The molecule has 0 aliphatic rings. The highest BCUT2D eigenvalue weighted by molar-refractivity contribution is 6.39. The van der Waals surface area contributed by atoms with Crippen LogP contribution in [-0.2, 0) is 14.4 Å². The first-order chi connectivity index (χ1) is 17.3. The maximum absolute atomic E-state index is 12.9. The van der Waals surface area contributed by atoms with E-state index in [2.05, 4.69) is 21.2 Å². The molecule has 3 amide bonds. The van der Waals surface area contributed by atoms with E-state index in [1.54, 1.807) is 49.4 Å². The van der Waals surface area contributed by atoms with Crippen LogP contribution in [0.25, 0.3) is 0 Å². The number of amides is 3. The second kappa shape index (κ2) is 12.9. The van der Waals surface area contributed by atoms with E-state index < -0.39 is 17.6 Å². The smallest absolute Gasteiger partial charge is 0.329 e. The molecule has 0 aliphatic carbocycles. The minimum absolute atomic E-state index is 0.263. The third-order valence-corrected chi connectivity index (χ3v) is 4.66. The molecule has 0 heterocycles. The van der Waals surface area contributed by atoms with Gasteiger partial charge >= 0.3 is 11.8 Å². The monoisotopic (exact) mass is 512 g/mol. The number of carbonyl (C=O) groups excluding carboxylic acids is 3. The van der Waals surface area contributed by atoms with Gasteiger partial charge in [0, 0.05) is 16.4 Å². The van der Waals surface area contributed by atoms with Crippen molar-refractivity contribution in [2.45, 2.75) is 6.92 Å². The molecular weight excluding hydrogens is 491 g/mol. The summed E-state index contributed by atoms with van der Waals surface area (Å²) in [6, 6.07) is 16.5. The normalized spacial score (nSPS) is 10.5. The first kappa shape index (κ1) is 26.2. The molecule has 0 fully saturated rings. The van der Waals surface area contributed by atoms with Gasteiger partial charge in [0.05, 0.1) is 12.8 Å². The Morgan fingerprint density at radius 1 is 0.917 bits per heavy atom. The number of hydrogen-bond acceptors (Lipinski definition) is 6. The summed E-state index contributed by atoms with van der Waals surface area (Å²) in [6.07, 6.45) is 1.31. The molecule has 0 aromatic heterocycles. The second-order valence-electron chi connectivity index (χ2n) is 7.15. The first-order valence-electron chi connectivity index (χ1n) is 10.7. The molecule has 0 saturated carbocycles. The highest BCUT2D eigenvalue weighted by atomic mass is 35.5. The Kier molecular flexibility index (Phi) is 9.35. The lowest BCUT2D eigenvalue weighted by molar-refractivity contribution is -0.136. The number of nitrogens with zero attached hydrogens (tertiary/aromatic N) is 1. The fourth-order valence-electron chi connectivity index (χ4n) is 2.84. The van der Waals surface area contributed by atoms with E-state index in [0.717, 1.165) is 12.1 Å². The average molecular weight is 513 g/mol. The Labute approximate surface area is 211 Å². The van der Waals surface area contributed by atoms with Crippen molar-refractivity contribution in [1.82, 2.24) is 5.43 Å². The number of halogens is 2. The van der Waals surface area contributed by atoms with E-state index in [1.807, 2.05) is 0 Å². The van der Waals surface area contributed by atoms with Gasteiger partial charge in [0.1, 0.15) is 5.82 Å². The van der Waals surface area contributed by atoms with Gasteiger partial charge in [-0.2, -0.15) is 5.10 Å². The van der Waals surface area contributed by atoms with Crippen molar-refractivity contribution >= 4 is 46.9 Å². The van der Waals surface area contributed by atoms with Crippen LogP contribution in [0.4, 0.5) is 15.8 Å². The topological polar surface area (TPSA) is 118 Å².